The number of halogens is 1. The van der Waals surface area contributed by atoms with Crippen molar-refractivity contribution in [1.29, 1.82) is 0 Å². The molecule has 0 saturated carbocycles. The molecule has 0 spiro atoms. The molecule has 148 valence electrons. The van der Waals surface area contributed by atoms with Crippen LogP contribution < -0.4 is 5.32 Å². The third kappa shape index (κ3) is 8.08. The van der Waals surface area contributed by atoms with Crippen LogP contribution in [0.4, 0.5) is 0 Å². The van der Waals surface area contributed by atoms with Crippen LogP contribution >= 0.6 is 24.0 Å². The molecule has 1 fully saturated rings. The Morgan fingerprint density at radius 1 is 1.28 bits per heavy atom. The van der Waals surface area contributed by atoms with Crippen molar-refractivity contribution >= 4 is 35.8 Å². The average molecular weight is 469 g/mol. The van der Waals surface area contributed by atoms with Crippen molar-refractivity contribution in [2.24, 2.45) is 4.99 Å². The lowest BCUT2D eigenvalue weighted by atomic mass is 10.1. The zero-order valence-corrected chi connectivity index (χ0v) is 18.9. The molecule has 0 aromatic carbocycles. The molecule has 0 aromatic rings. The van der Waals surface area contributed by atoms with Crippen molar-refractivity contribution in [3.05, 3.63) is 0 Å². The summed E-state index contributed by atoms with van der Waals surface area (Å²) in [4.78, 5) is 22.7. The Labute approximate surface area is 170 Å². The molecule has 0 radical (unpaired) electrons. The molecule has 0 bridgehead atoms. The Hall–Kier alpha value is -0.610. The number of guanidine groups is 1. The minimum Gasteiger partial charge on any atom is -0.383 e. The summed E-state index contributed by atoms with van der Waals surface area (Å²) in [7, 11) is 5.26. The summed E-state index contributed by atoms with van der Waals surface area (Å²) in [6, 6.07) is 0.837. The zero-order valence-electron chi connectivity index (χ0n) is 16.6. The van der Waals surface area contributed by atoms with Gasteiger partial charge in [0.25, 0.3) is 0 Å². The summed E-state index contributed by atoms with van der Waals surface area (Å²) in [6.45, 7) is 11.2. The highest BCUT2D eigenvalue weighted by molar-refractivity contribution is 14.0. The van der Waals surface area contributed by atoms with Gasteiger partial charge in [0.1, 0.15) is 6.54 Å². The van der Waals surface area contributed by atoms with Gasteiger partial charge in [-0.25, -0.2) is 4.99 Å². The highest BCUT2D eigenvalue weighted by Crippen LogP contribution is 2.15. The molecule has 2 atom stereocenters. The van der Waals surface area contributed by atoms with Gasteiger partial charge in [-0.3, -0.25) is 9.69 Å². The van der Waals surface area contributed by atoms with Gasteiger partial charge in [0.2, 0.25) is 5.91 Å². The second-order valence-corrected chi connectivity index (χ2v) is 6.69. The first-order valence-corrected chi connectivity index (χ1v) is 8.88. The van der Waals surface area contributed by atoms with Crippen molar-refractivity contribution in [2.75, 3.05) is 60.5 Å². The van der Waals surface area contributed by atoms with Crippen molar-refractivity contribution < 1.29 is 9.53 Å². The third-order valence-corrected chi connectivity index (χ3v) is 4.35. The largest absolute Gasteiger partial charge is 0.383 e. The average Bonchev–Trinajstić information content (AvgIpc) is 2.53. The number of ether oxygens (including phenoxy) is 1. The maximum atomic E-state index is 11.9. The first kappa shape index (κ1) is 24.4. The van der Waals surface area contributed by atoms with E-state index in [2.05, 4.69) is 40.9 Å². The smallest absolute Gasteiger partial charge is 0.243 e. The molecular formula is C17H36IN5O2. The SMILES string of the molecule is CCCNC(=NCC(=O)N(C)C)N1CC(C)N(CCOC)C(C)C1.I. The van der Waals surface area contributed by atoms with E-state index in [1.807, 2.05) is 0 Å². The van der Waals surface area contributed by atoms with Crippen LogP contribution in [0, 0.1) is 0 Å². The van der Waals surface area contributed by atoms with E-state index in [4.69, 9.17) is 4.74 Å². The maximum Gasteiger partial charge on any atom is 0.243 e. The number of methoxy groups -OCH3 is 1. The van der Waals surface area contributed by atoms with Gasteiger partial charge in [-0.15, -0.1) is 24.0 Å². The second-order valence-electron chi connectivity index (χ2n) is 6.69. The Balaban J connectivity index is 0.00000576. The first-order valence-electron chi connectivity index (χ1n) is 8.88. The monoisotopic (exact) mass is 469 g/mol. The summed E-state index contributed by atoms with van der Waals surface area (Å²) >= 11 is 0. The predicted octanol–water partition coefficient (Wildman–Crippen LogP) is 1.09. The van der Waals surface area contributed by atoms with Crippen molar-refractivity contribution in [1.82, 2.24) is 20.0 Å². The third-order valence-electron chi connectivity index (χ3n) is 4.35. The molecule has 1 aliphatic heterocycles. The molecular weight excluding hydrogens is 433 g/mol. The fraction of sp³-hybridized carbons (Fsp3) is 0.882. The lowest BCUT2D eigenvalue weighted by molar-refractivity contribution is -0.127. The maximum absolute atomic E-state index is 11.9. The van der Waals surface area contributed by atoms with Crippen LogP contribution in [0.1, 0.15) is 27.2 Å². The summed E-state index contributed by atoms with van der Waals surface area (Å²) in [6.07, 6.45) is 1.03. The minimum absolute atomic E-state index is 0. The van der Waals surface area contributed by atoms with E-state index < -0.39 is 0 Å². The van der Waals surface area contributed by atoms with Crippen LogP contribution in [0.5, 0.6) is 0 Å². The normalized spacial score (nSPS) is 21.7. The molecule has 0 aromatic heterocycles. The molecule has 1 heterocycles. The number of hydrogen-bond donors (Lipinski definition) is 1. The number of nitrogens with one attached hydrogen (secondary N) is 1. The lowest BCUT2D eigenvalue weighted by Gasteiger charge is -2.45. The van der Waals surface area contributed by atoms with Crippen LogP contribution in [-0.2, 0) is 9.53 Å². The van der Waals surface area contributed by atoms with E-state index in [1.165, 1.54) is 0 Å². The number of piperazine rings is 1. The molecule has 1 saturated heterocycles. The van der Waals surface area contributed by atoms with Crippen LogP contribution in [-0.4, -0.2) is 99.2 Å². The number of aliphatic imine (C=N–C) groups is 1. The van der Waals surface area contributed by atoms with Gasteiger partial charge in [0.15, 0.2) is 5.96 Å². The number of carbonyl (C=O) groups excluding carboxylic acids is 1. The van der Waals surface area contributed by atoms with Crippen LogP contribution in [0.25, 0.3) is 0 Å². The number of hydrogen-bond acceptors (Lipinski definition) is 4. The predicted molar refractivity (Wildman–Crippen MR) is 114 cm³/mol. The fourth-order valence-corrected chi connectivity index (χ4v) is 2.96. The van der Waals surface area contributed by atoms with Gasteiger partial charge in [0.05, 0.1) is 6.61 Å². The summed E-state index contributed by atoms with van der Waals surface area (Å²) < 4.78 is 5.22. The number of carbonyl (C=O) groups is 1. The fourth-order valence-electron chi connectivity index (χ4n) is 2.96. The van der Waals surface area contributed by atoms with Gasteiger partial charge in [0, 0.05) is 59.5 Å². The molecule has 0 aliphatic carbocycles. The lowest BCUT2D eigenvalue weighted by Crippen LogP contribution is -2.60. The Bertz CT molecular complexity index is 408. The van der Waals surface area contributed by atoms with Crippen molar-refractivity contribution in [3.63, 3.8) is 0 Å². The summed E-state index contributed by atoms with van der Waals surface area (Å²) in [5, 5.41) is 3.39. The molecule has 1 amide bonds. The van der Waals surface area contributed by atoms with E-state index in [-0.39, 0.29) is 36.4 Å². The standard InChI is InChI=1S/C17H35N5O2.HI/c1-7-8-18-17(19-11-16(23)20(4)5)21-12-14(2)22(9-10-24-6)15(3)13-21;/h14-15H,7-13H2,1-6H3,(H,18,19);1H. The van der Waals surface area contributed by atoms with E-state index in [0.717, 1.165) is 45.2 Å². The number of amides is 1. The van der Waals surface area contributed by atoms with Gasteiger partial charge in [-0.2, -0.15) is 0 Å². The Kier molecular flexibility index (Phi) is 12.4. The topological polar surface area (TPSA) is 60.4 Å². The molecule has 7 nitrogen and oxygen atoms in total. The van der Waals surface area contributed by atoms with Crippen molar-refractivity contribution in [2.45, 2.75) is 39.3 Å². The highest BCUT2D eigenvalue weighted by atomic mass is 127. The number of likely N-dealkylation sites (N-methyl/N-ethyl adjacent to an activating group) is 1. The number of rotatable bonds is 7. The molecule has 25 heavy (non-hydrogen) atoms. The first-order chi connectivity index (χ1) is 11.4. The van der Waals surface area contributed by atoms with Crippen LogP contribution in [0.2, 0.25) is 0 Å². The van der Waals surface area contributed by atoms with Crippen molar-refractivity contribution in [3.8, 4) is 0 Å². The highest BCUT2D eigenvalue weighted by Gasteiger charge is 2.30. The minimum atomic E-state index is 0. The van der Waals surface area contributed by atoms with E-state index >= 15 is 0 Å². The van der Waals surface area contributed by atoms with E-state index in [1.54, 1.807) is 26.1 Å². The molecule has 1 aliphatic rings. The summed E-state index contributed by atoms with van der Waals surface area (Å²) in [5.74, 6) is 0.864. The van der Waals surface area contributed by atoms with Crippen LogP contribution in [0.15, 0.2) is 4.99 Å². The molecule has 8 heteroatoms. The molecule has 2 unspecified atom stereocenters. The second kappa shape index (κ2) is 12.7. The number of nitrogens with zero attached hydrogens (tertiary/aromatic N) is 4. The van der Waals surface area contributed by atoms with Gasteiger partial charge in [-0.05, 0) is 20.3 Å². The van der Waals surface area contributed by atoms with Gasteiger partial charge >= 0.3 is 0 Å². The molecule has 1 rings (SSSR count). The Morgan fingerprint density at radius 3 is 2.36 bits per heavy atom. The Morgan fingerprint density at radius 2 is 1.88 bits per heavy atom. The summed E-state index contributed by atoms with van der Waals surface area (Å²) in [5.41, 5.74) is 0. The van der Waals surface area contributed by atoms with E-state index in [0.29, 0.717) is 12.1 Å². The van der Waals surface area contributed by atoms with Gasteiger partial charge < -0.3 is 19.9 Å². The van der Waals surface area contributed by atoms with Gasteiger partial charge in [-0.1, -0.05) is 6.92 Å². The van der Waals surface area contributed by atoms with E-state index in [9.17, 15) is 4.79 Å². The zero-order chi connectivity index (χ0) is 18.1. The molecule has 1 N–H and O–H groups in total. The quantitative estimate of drug-likeness (QED) is 0.344. The van der Waals surface area contributed by atoms with Crippen LogP contribution in [0.3, 0.4) is 0 Å².